The fourth-order valence-corrected chi connectivity index (χ4v) is 2.93. The van der Waals surface area contributed by atoms with Crippen LogP contribution >= 0.6 is 27.3 Å². The molecule has 0 fully saturated rings. The lowest BCUT2D eigenvalue weighted by molar-refractivity contribution is 0.0966. The lowest BCUT2D eigenvalue weighted by Gasteiger charge is -2.16. The summed E-state index contributed by atoms with van der Waals surface area (Å²) >= 11 is 4.94. The highest BCUT2D eigenvalue weighted by Crippen LogP contribution is 2.22. The minimum atomic E-state index is 0.232. The van der Waals surface area contributed by atoms with Crippen molar-refractivity contribution in [3.8, 4) is 0 Å². The fourth-order valence-electron chi connectivity index (χ4n) is 1.41. The maximum Gasteiger partial charge on any atom is 0.166 e. The Labute approximate surface area is 103 Å². The normalized spacial score (nSPS) is 10.9. The van der Waals surface area contributed by atoms with Crippen molar-refractivity contribution in [1.29, 1.82) is 0 Å². The molecule has 0 atom stereocenters. The molecule has 0 bridgehead atoms. The third-order valence-corrected chi connectivity index (χ3v) is 4.17. The first-order valence-electron chi connectivity index (χ1n) is 5.16. The standard InChI is InChI=1S/C11H16BrNOS/c1-3-13(4-2)6-5-11(14)9-7-15-8-10(9)12/h7-8H,3-6H2,1-2H3. The number of carbonyl (C=O) groups is 1. The van der Waals surface area contributed by atoms with Crippen LogP contribution in [-0.2, 0) is 0 Å². The number of hydrogen-bond acceptors (Lipinski definition) is 3. The second kappa shape index (κ2) is 6.40. The van der Waals surface area contributed by atoms with Gasteiger partial charge in [0.1, 0.15) is 0 Å². The average molecular weight is 290 g/mol. The molecule has 0 saturated heterocycles. The van der Waals surface area contributed by atoms with Crippen LogP contribution in [0.3, 0.4) is 0 Å². The van der Waals surface area contributed by atoms with Gasteiger partial charge in [0.25, 0.3) is 0 Å². The Morgan fingerprint density at radius 2 is 2.07 bits per heavy atom. The number of Topliss-reactive ketones (excluding diaryl/α,β-unsaturated/α-hetero) is 1. The van der Waals surface area contributed by atoms with Gasteiger partial charge in [-0.05, 0) is 29.0 Å². The molecular formula is C11H16BrNOS. The van der Waals surface area contributed by atoms with Crippen molar-refractivity contribution in [2.45, 2.75) is 20.3 Å². The van der Waals surface area contributed by atoms with Crippen molar-refractivity contribution in [1.82, 2.24) is 4.90 Å². The number of rotatable bonds is 6. The van der Waals surface area contributed by atoms with Crippen molar-refractivity contribution in [2.24, 2.45) is 0 Å². The molecule has 1 aromatic heterocycles. The van der Waals surface area contributed by atoms with Gasteiger partial charge in [-0.15, -0.1) is 0 Å². The number of ketones is 1. The largest absolute Gasteiger partial charge is 0.303 e. The highest BCUT2D eigenvalue weighted by Gasteiger charge is 2.11. The monoisotopic (exact) mass is 289 g/mol. The predicted octanol–water partition coefficient (Wildman–Crippen LogP) is 3.43. The zero-order valence-electron chi connectivity index (χ0n) is 9.12. The summed E-state index contributed by atoms with van der Waals surface area (Å²) in [6.45, 7) is 7.11. The first-order valence-corrected chi connectivity index (χ1v) is 6.89. The molecule has 0 spiro atoms. The van der Waals surface area contributed by atoms with Gasteiger partial charge in [0.15, 0.2) is 5.78 Å². The lowest BCUT2D eigenvalue weighted by atomic mass is 10.1. The highest BCUT2D eigenvalue weighted by atomic mass is 79.9. The van der Waals surface area contributed by atoms with Gasteiger partial charge in [0.05, 0.1) is 0 Å². The minimum Gasteiger partial charge on any atom is -0.303 e. The Morgan fingerprint density at radius 1 is 1.40 bits per heavy atom. The summed E-state index contributed by atoms with van der Waals surface area (Å²) in [5, 5.41) is 3.86. The summed E-state index contributed by atoms with van der Waals surface area (Å²) in [5.41, 5.74) is 0.826. The van der Waals surface area contributed by atoms with Gasteiger partial charge in [0, 0.05) is 33.8 Å². The van der Waals surface area contributed by atoms with Crippen LogP contribution < -0.4 is 0 Å². The van der Waals surface area contributed by atoms with Crippen LogP contribution in [0.15, 0.2) is 15.2 Å². The second-order valence-electron chi connectivity index (χ2n) is 3.33. The molecule has 2 nitrogen and oxygen atoms in total. The van der Waals surface area contributed by atoms with Gasteiger partial charge >= 0.3 is 0 Å². The Bertz CT molecular complexity index is 320. The molecule has 1 heterocycles. The van der Waals surface area contributed by atoms with Gasteiger partial charge in [-0.25, -0.2) is 0 Å². The predicted molar refractivity (Wildman–Crippen MR) is 68.8 cm³/mol. The minimum absolute atomic E-state index is 0.232. The van der Waals surface area contributed by atoms with E-state index in [1.807, 2.05) is 10.8 Å². The van der Waals surface area contributed by atoms with Crippen molar-refractivity contribution >= 4 is 33.0 Å². The van der Waals surface area contributed by atoms with E-state index in [1.165, 1.54) is 0 Å². The van der Waals surface area contributed by atoms with E-state index in [0.717, 1.165) is 29.7 Å². The molecule has 0 unspecified atom stereocenters. The third-order valence-electron chi connectivity index (χ3n) is 2.46. The smallest absolute Gasteiger partial charge is 0.166 e. The maximum absolute atomic E-state index is 11.8. The molecule has 84 valence electrons. The van der Waals surface area contributed by atoms with Gasteiger partial charge in [0.2, 0.25) is 0 Å². The van der Waals surface area contributed by atoms with Crippen molar-refractivity contribution in [3.63, 3.8) is 0 Å². The SMILES string of the molecule is CCN(CC)CCC(=O)c1cscc1Br. The van der Waals surface area contributed by atoms with Gasteiger partial charge in [-0.3, -0.25) is 4.79 Å². The number of hydrogen-bond donors (Lipinski definition) is 0. The van der Waals surface area contributed by atoms with E-state index in [-0.39, 0.29) is 5.78 Å². The van der Waals surface area contributed by atoms with Crippen LogP contribution in [0.2, 0.25) is 0 Å². The van der Waals surface area contributed by atoms with Crippen molar-refractivity contribution in [2.75, 3.05) is 19.6 Å². The summed E-state index contributed by atoms with van der Waals surface area (Å²) < 4.78 is 0.928. The van der Waals surface area contributed by atoms with Crippen molar-refractivity contribution < 1.29 is 4.79 Å². The van der Waals surface area contributed by atoms with Crippen LogP contribution in [0.1, 0.15) is 30.6 Å². The summed E-state index contributed by atoms with van der Waals surface area (Å²) in [5.74, 6) is 0.232. The Morgan fingerprint density at radius 3 is 2.53 bits per heavy atom. The summed E-state index contributed by atoms with van der Waals surface area (Å²) in [4.78, 5) is 14.1. The number of nitrogens with zero attached hydrogens (tertiary/aromatic N) is 1. The zero-order valence-corrected chi connectivity index (χ0v) is 11.5. The van der Waals surface area contributed by atoms with Crippen molar-refractivity contribution in [3.05, 3.63) is 20.8 Å². The number of carbonyl (C=O) groups excluding carboxylic acids is 1. The average Bonchev–Trinajstić information content (AvgIpc) is 2.66. The maximum atomic E-state index is 11.8. The van der Waals surface area contributed by atoms with E-state index in [0.29, 0.717) is 6.42 Å². The first kappa shape index (κ1) is 12.9. The summed E-state index contributed by atoms with van der Waals surface area (Å²) in [6.07, 6.45) is 0.608. The summed E-state index contributed by atoms with van der Waals surface area (Å²) in [7, 11) is 0. The van der Waals surface area contributed by atoms with E-state index >= 15 is 0 Å². The van der Waals surface area contributed by atoms with Gasteiger partial charge < -0.3 is 4.90 Å². The van der Waals surface area contributed by atoms with Crippen LogP contribution in [-0.4, -0.2) is 30.3 Å². The molecular weight excluding hydrogens is 274 g/mol. The van der Waals surface area contributed by atoms with E-state index in [2.05, 4.69) is 34.7 Å². The molecule has 0 amide bonds. The summed E-state index contributed by atoms with van der Waals surface area (Å²) in [6, 6.07) is 0. The first-order chi connectivity index (χ1) is 7.19. The molecule has 0 aliphatic carbocycles. The fraction of sp³-hybridized carbons (Fsp3) is 0.545. The molecule has 0 N–H and O–H groups in total. The third kappa shape index (κ3) is 3.70. The number of halogens is 1. The molecule has 0 aromatic carbocycles. The molecule has 1 aromatic rings. The van der Waals surface area contributed by atoms with Crippen LogP contribution in [0.4, 0.5) is 0 Å². The van der Waals surface area contributed by atoms with Crippen LogP contribution in [0.5, 0.6) is 0 Å². The molecule has 4 heteroatoms. The quantitative estimate of drug-likeness (QED) is 0.748. The molecule has 1 rings (SSSR count). The lowest BCUT2D eigenvalue weighted by Crippen LogP contribution is -2.25. The number of thiophene rings is 1. The topological polar surface area (TPSA) is 20.3 Å². The molecule has 15 heavy (non-hydrogen) atoms. The van der Waals surface area contributed by atoms with Gasteiger partial charge in [-0.2, -0.15) is 11.3 Å². The van der Waals surface area contributed by atoms with E-state index < -0.39 is 0 Å². The Hall–Kier alpha value is -0.190. The van der Waals surface area contributed by atoms with E-state index in [1.54, 1.807) is 11.3 Å². The highest BCUT2D eigenvalue weighted by molar-refractivity contribution is 9.10. The Balaban J connectivity index is 2.47. The molecule has 0 saturated carbocycles. The zero-order chi connectivity index (χ0) is 11.3. The molecule has 0 aliphatic rings. The van der Waals surface area contributed by atoms with Crippen LogP contribution in [0, 0.1) is 0 Å². The molecule has 0 radical (unpaired) electrons. The Kier molecular flexibility index (Phi) is 5.50. The van der Waals surface area contributed by atoms with Crippen LogP contribution in [0.25, 0.3) is 0 Å². The second-order valence-corrected chi connectivity index (χ2v) is 4.93. The van der Waals surface area contributed by atoms with E-state index in [9.17, 15) is 4.79 Å². The van der Waals surface area contributed by atoms with E-state index in [4.69, 9.17) is 0 Å². The molecule has 0 aliphatic heterocycles. The van der Waals surface area contributed by atoms with Gasteiger partial charge in [-0.1, -0.05) is 13.8 Å².